The summed E-state index contributed by atoms with van der Waals surface area (Å²) in [6.07, 6.45) is -6.39. The highest BCUT2D eigenvalue weighted by Crippen LogP contribution is 2.53. The fraction of sp³-hybridized carbons (Fsp3) is 0.163. The summed E-state index contributed by atoms with van der Waals surface area (Å²) >= 11 is 0. The number of rotatable bonds is 8. The molecular weight excluding hydrogens is 836 g/mol. The Morgan fingerprint density at radius 2 is 0.651 bits per heavy atom. The number of ether oxygens (including phenoxy) is 4. The molecular formula is C43H36O20. The van der Waals surface area contributed by atoms with Crippen molar-refractivity contribution in [3.63, 3.8) is 0 Å². The highest BCUT2D eigenvalue weighted by Gasteiger charge is 2.41. The van der Waals surface area contributed by atoms with Crippen molar-refractivity contribution in [1.29, 1.82) is 0 Å². The second kappa shape index (κ2) is 15.1. The van der Waals surface area contributed by atoms with Gasteiger partial charge in [-0.1, -0.05) is 0 Å². The minimum atomic E-state index is -1.40. The molecule has 0 aliphatic carbocycles. The van der Waals surface area contributed by atoms with E-state index in [-0.39, 0.29) is 69.2 Å². The molecule has 2 aliphatic heterocycles. The van der Waals surface area contributed by atoms with Gasteiger partial charge in [0.25, 0.3) is 0 Å². The Balaban J connectivity index is 1.24. The number of benzene rings is 6. The van der Waals surface area contributed by atoms with E-state index in [1.807, 2.05) is 0 Å². The van der Waals surface area contributed by atoms with Gasteiger partial charge in [0, 0.05) is 89.0 Å². The quantitative estimate of drug-likeness (QED) is 0.0912. The van der Waals surface area contributed by atoms with Gasteiger partial charge < -0.3 is 101 Å². The van der Waals surface area contributed by atoms with Gasteiger partial charge in [-0.2, -0.15) is 0 Å². The smallest absolute Gasteiger partial charge is 0.200 e. The van der Waals surface area contributed by atoms with Crippen LogP contribution in [0.4, 0.5) is 0 Å². The van der Waals surface area contributed by atoms with Crippen LogP contribution in [0.15, 0.2) is 60.7 Å². The first kappa shape index (κ1) is 41.1. The van der Waals surface area contributed by atoms with E-state index >= 15 is 0 Å². The molecule has 2 heterocycles. The van der Waals surface area contributed by atoms with E-state index in [4.69, 9.17) is 18.9 Å². The van der Waals surface area contributed by atoms with E-state index < -0.39 is 123 Å². The van der Waals surface area contributed by atoms with Crippen molar-refractivity contribution in [3.8, 4) is 115 Å². The third kappa shape index (κ3) is 7.23. The minimum absolute atomic E-state index is 0.00154. The second-order valence-electron chi connectivity index (χ2n) is 14.8. The van der Waals surface area contributed by atoms with Crippen LogP contribution >= 0.6 is 0 Å². The van der Waals surface area contributed by atoms with Crippen LogP contribution in [0.5, 0.6) is 115 Å². The zero-order valence-corrected chi connectivity index (χ0v) is 32.0. The van der Waals surface area contributed by atoms with Crippen molar-refractivity contribution < 1.29 is 101 Å². The lowest BCUT2D eigenvalue weighted by Gasteiger charge is -2.37. The van der Waals surface area contributed by atoms with Crippen molar-refractivity contribution in [2.45, 2.75) is 43.7 Å². The summed E-state index contributed by atoms with van der Waals surface area (Å²) in [5, 5.41) is 168. The molecule has 2 aliphatic rings. The molecule has 6 aromatic carbocycles. The number of phenolic OH excluding ortho intramolecular Hbond substituents is 16. The fourth-order valence-corrected chi connectivity index (χ4v) is 7.65. The lowest BCUT2D eigenvalue weighted by Crippen LogP contribution is -2.36. The molecule has 63 heavy (non-hydrogen) atoms. The first-order valence-corrected chi connectivity index (χ1v) is 18.6. The van der Waals surface area contributed by atoms with Gasteiger partial charge in [-0.05, 0) is 24.3 Å². The molecule has 0 radical (unpaired) electrons. The molecule has 0 fully saturated rings. The van der Waals surface area contributed by atoms with E-state index in [2.05, 4.69) is 0 Å². The van der Waals surface area contributed by atoms with Crippen molar-refractivity contribution in [2.75, 3.05) is 0 Å². The number of fused-ring (bicyclic) bond motifs is 2. The fourth-order valence-electron chi connectivity index (χ4n) is 7.65. The van der Waals surface area contributed by atoms with Crippen molar-refractivity contribution in [2.24, 2.45) is 0 Å². The molecule has 328 valence electrons. The van der Waals surface area contributed by atoms with Crippen LogP contribution in [0.2, 0.25) is 0 Å². The number of phenols is 16. The second-order valence-corrected chi connectivity index (χ2v) is 14.8. The maximum atomic E-state index is 11.4. The van der Waals surface area contributed by atoms with E-state index in [1.165, 1.54) is 0 Å². The minimum Gasteiger partial charge on any atom is -0.507 e. The number of hydrogen-bond acceptors (Lipinski definition) is 20. The Kier molecular flexibility index (Phi) is 9.84. The summed E-state index contributed by atoms with van der Waals surface area (Å²) in [5.41, 5.74) is -0.295. The molecule has 0 amide bonds. The first-order chi connectivity index (χ1) is 29.8. The molecule has 0 saturated heterocycles. The van der Waals surface area contributed by atoms with Gasteiger partial charge in [-0.25, -0.2) is 0 Å². The van der Waals surface area contributed by atoms with E-state index in [9.17, 15) is 81.7 Å². The summed E-state index contributed by atoms with van der Waals surface area (Å²) < 4.78 is 24.9. The summed E-state index contributed by atoms with van der Waals surface area (Å²) in [6, 6.07) is 9.92. The maximum absolute atomic E-state index is 11.4. The third-order valence-corrected chi connectivity index (χ3v) is 10.7. The Labute approximate surface area is 352 Å². The zero-order chi connectivity index (χ0) is 45.3. The highest BCUT2D eigenvalue weighted by molar-refractivity contribution is 5.65. The normalized spacial score (nSPS) is 17.8. The van der Waals surface area contributed by atoms with Gasteiger partial charge >= 0.3 is 0 Å². The molecule has 8 rings (SSSR count). The maximum Gasteiger partial charge on any atom is 0.200 e. The largest absolute Gasteiger partial charge is 0.507 e. The molecule has 6 aromatic rings. The predicted molar refractivity (Wildman–Crippen MR) is 211 cm³/mol. The lowest BCUT2D eigenvalue weighted by molar-refractivity contribution is 0.0343. The van der Waals surface area contributed by atoms with Gasteiger partial charge in [0.2, 0.25) is 11.5 Å². The summed E-state index contributed by atoms with van der Waals surface area (Å²) in [4.78, 5) is 0. The van der Waals surface area contributed by atoms with Crippen LogP contribution in [0.1, 0.15) is 45.6 Å². The molecule has 0 bridgehead atoms. The first-order valence-electron chi connectivity index (χ1n) is 18.6. The zero-order valence-electron chi connectivity index (χ0n) is 32.0. The Morgan fingerprint density at radius 3 is 0.952 bits per heavy atom. The van der Waals surface area contributed by atoms with Gasteiger partial charge in [0.05, 0.1) is 0 Å². The van der Waals surface area contributed by atoms with Crippen LogP contribution in [-0.2, 0) is 19.3 Å². The Morgan fingerprint density at radius 1 is 0.365 bits per heavy atom. The number of aromatic hydroxyl groups is 16. The van der Waals surface area contributed by atoms with E-state index in [0.717, 1.165) is 60.7 Å². The van der Waals surface area contributed by atoms with E-state index in [0.29, 0.717) is 0 Å². The average molecular weight is 873 g/mol. The number of hydrogen-bond donors (Lipinski definition) is 16. The van der Waals surface area contributed by atoms with Crippen molar-refractivity contribution in [3.05, 3.63) is 94.0 Å². The third-order valence-electron chi connectivity index (χ3n) is 10.7. The topological polar surface area (TPSA) is 361 Å². The SMILES string of the molecule is Oc1cc(OC2Cc3c(O)cc(O)c(Cc4c(O)cc(O)c5c4OC(c4cc(O)c(O)c(O)c4)C(Oc4cc(O)c(O)c(O)c4)C5)c3OC2c2cc(O)c(O)c(O)c2)cc(O)c1O. The van der Waals surface area contributed by atoms with Crippen molar-refractivity contribution >= 4 is 0 Å². The molecule has 0 aromatic heterocycles. The molecule has 4 unspecified atom stereocenters. The Hall–Kier alpha value is -8.68. The molecule has 0 spiro atoms. The highest BCUT2D eigenvalue weighted by atomic mass is 16.6. The lowest BCUT2D eigenvalue weighted by atomic mass is 9.87. The van der Waals surface area contributed by atoms with Crippen molar-refractivity contribution in [1.82, 2.24) is 0 Å². The predicted octanol–water partition coefficient (Wildman–Crippen LogP) is 4.81. The summed E-state index contributed by atoms with van der Waals surface area (Å²) in [7, 11) is 0. The monoisotopic (exact) mass is 872 g/mol. The van der Waals surface area contributed by atoms with Crippen LogP contribution in [0, 0.1) is 0 Å². The average Bonchev–Trinajstić information content (AvgIpc) is 3.22. The van der Waals surface area contributed by atoms with Crippen LogP contribution in [-0.4, -0.2) is 93.9 Å². The molecule has 0 saturated carbocycles. The van der Waals surface area contributed by atoms with Gasteiger partial charge in [0.15, 0.2) is 69.7 Å². The van der Waals surface area contributed by atoms with Gasteiger partial charge in [-0.15, -0.1) is 0 Å². The van der Waals surface area contributed by atoms with Crippen LogP contribution < -0.4 is 18.9 Å². The van der Waals surface area contributed by atoms with Gasteiger partial charge in [0.1, 0.15) is 58.2 Å². The van der Waals surface area contributed by atoms with Crippen LogP contribution in [0.3, 0.4) is 0 Å². The molecule has 16 N–H and O–H groups in total. The standard InChI is InChI=1S/C43H36O20/c44-22-12-24(46)20-10-34(60-16-5-30(52)38(58)31(53)6-16)40(14-1-26(48)36(56)27(49)2-14)62-42(20)18(22)9-19-23(45)13-25(47)21-11-35(61-17-7-32(54)39(59)33(55)8-17)41(63-43(19)21)15-3-28(50)37(57)29(51)4-15/h1-8,12-13,34-35,40-41,44-59H,9-11H2. The summed E-state index contributed by atoms with van der Waals surface area (Å²) in [6.45, 7) is 0. The summed E-state index contributed by atoms with van der Waals surface area (Å²) in [5.74, 6) is -12.6. The molecule has 20 nitrogen and oxygen atoms in total. The Bertz CT molecular complexity index is 2560. The van der Waals surface area contributed by atoms with Gasteiger partial charge in [-0.3, -0.25) is 0 Å². The van der Waals surface area contributed by atoms with Crippen LogP contribution in [0.25, 0.3) is 0 Å². The molecule has 20 heteroatoms. The van der Waals surface area contributed by atoms with E-state index in [1.54, 1.807) is 0 Å². The molecule has 4 atom stereocenters.